The van der Waals surface area contributed by atoms with Crippen LogP contribution in [-0.2, 0) is 4.74 Å². The smallest absolute Gasteiger partial charge is 0.191 e. The Balaban J connectivity index is 0.00000242. The van der Waals surface area contributed by atoms with Crippen LogP contribution < -0.4 is 10.6 Å². The molecule has 0 aromatic carbocycles. The summed E-state index contributed by atoms with van der Waals surface area (Å²) in [6.45, 7) is 9.31. The molecular formula is C15H31IN4OS. The summed E-state index contributed by atoms with van der Waals surface area (Å²) in [5.74, 6) is 2.87. The molecule has 22 heavy (non-hydrogen) atoms. The van der Waals surface area contributed by atoms with Crippen molar-refractivity contribution in [3.63, 3.8) is 0 Å². The highest BCUT2D eigenvalue weighted by atomic mass is 127. The SMILES string of the molecule is CN=C(NCC(C)CN1CCOCC1)NCC1CCCS1.I. The van der Waals surface area contributed by atoms with Gasteiger partial charge in [0.25, 0.3) is 0 Å². The van der Waals surface area contributed by atoms with E-state index in [4.69, 9.17) is 4.74 Å². The van der Waals surface area contributed by atoms with E-state index in [1.807, 2.05) is 7.05 Å². The van der Waals surface area contributed by atoms with Gasteiger partial charge in [0.2, 0.25) is 0 Å². The second-order valence-corrected chi connectivity index (χ2v) is 7.40. The monoisotopic (exact) mass is 442 g/mol. The number of nitrogens with zero attached hydrogens (tertiary/aromatic N) is 2. The molecule has 2 fully saturated rings. The standard InChI is InChI=1S/C15H30N4OS.HI/c1-13(12-19-5-7-20-8-6-19)10-17-15(16-2)18-11-14-4-3-9-21-14;/h13-14H,3-12H2,1-2H3,(H2,16,17,18);1H. The van der Waals surface area contributed by atoms with Gasteiger partial charge in [-0.25, -0.2) is 0 Å². The number of ether oxygens (including phenoxy) is 1. The molecule has 0 spiro atoms. The molecule has 2 aliphatic heterocycles. The third kappa shape index (κ3) is 7.70. The molecule has 0 bridgehead atoms. The molecule has 5 nitrogen and oxygen atoms in total. The van der Waals surface area contributed by atoms with E-state index in [-0.39, 0.29) is 24.0 Å². The van der Waals surface area contributed by atoms with Gasteiger partial charge in [-0.1, -0.05) is 6.92 Å². The van der Waals surface area contributed by atoms with Gasteiger partial charge in [-0.05, 0) is 24.5 Å². The lowest BCUT2D eigenvalue weighted by molar-refractivity contribution is 0.0320. The maximum atomic E-state index is 5.39. The van der Waals surface area contributed by atoms with E-state index in [2.05, 4.69) is 39.2 Å². The molecule has 7 heteroatoms. The fraction of sp³-hybridized carbons (Fsp3) is 0.933. The molecule has 2 rings (SSSR count). The molecular weight excluding hydrogens is 411 g/mol. The average Bonchev–Trinajstić information content (AvgIpc) is 3.02. The van der Waals surface area contributed by atoms with Crippen LogP contribution in [0.1, 0.15) is 19.8 Å². The quantitative estimate of drug-likeness (QED) is 0.372. The van der Waals surface area contributed by atoms with Gasteiger partial charge in [-0.15, -0.1) is 24.0 Å². The molecule has 2 unspecified atom stereocenters. The molecule has 0 saturated carbocycles. The van der Waals surface area contributed by atoms with E-state index in [1.165, 1.54) is 18.6 Å². The molecule has 2 aliphatic rings. The van der Waals surface area contributed by atoms with E-state index >= 15 is 0 Å². The molecule has 0 aliphatic carbocycles. The van der Waals surface area contributed by atoms with Gasteiger partial charge in [0, 0.05) is 45.0 Å². The first kappa shape index (κ1) is 20.3. The Bertz CT molecular complexity index is 321. The zero-order chi connectivity index (χ0) is 14.9. The predicted molar refractivity (Wildman–Crippen MR) is 107 cm³/mol. The van der Waals surface area contributed by atoms with Crippen LogP contribution >= 0.6 is 35.7 Å². The molecule has 0 radical (unpaired) electrons. The molecule has 2 saturated heterocycles. The largest absolute Gasteiger partial charge is 0.379 e. The third-order valence-electron chi connectivity index (χ3n) is 4.04. The fourth-order valence-electron chi connectivity index (χ4n) is 2.80. The van der Waals surface area contributed by atoms with Crippen LogP contribution in [0.25, 0.3) is 0 Å². The van der Waals surface area contributed by atoms with Crippen LogP contribution in [0, 0.1) is 5.92 Å². The summed E-state index contributed by atoms with van der Waals surface area (Å²) in [6.07, 6.45) is 2.70. The lowest BCUT2D eigenvalue weighted by Gasteiger charge is -2.29. The van der Waals surface area contributed by atoms with E-state index in [0.717, 1.165) is 57.1 Å². The fourth-order valence-corrected chi connectivity index (χ4v) is 4.00. The zero-order valence-corrected chi connectivity index (χ0v) is 17.0. The number of hydrogen-bond acceptors (Lipinski definition) is 4. The van der Waals surface area contributed by atoms with E-state index in [0.29, 0.717) is 5.92 Å². The zero-order valence-electron chi connectivity index (χ0n) is 13.8. The Morgan fingerprint density at radius 1 is 1.36 bits per heavy atom. The van der Waals surface area contributed by atoms with Crippen molar-refractivity contribution in [3.05, 3.63) is 0 Å². The van der Waals surface area contributed by atoms with Crippen molar-refractivity contribution in [2.75, 3.05) is 58.7 Å². The minimum atomic E-state index is 0. The third-order valence-corrected chi connectivity index (χ3v) is 5.43. The van der Waals surface area contributed by atoms with Gasteiger partial charge in [0.1, 0.15) is 0 Å². The van der Waals surface area contributed by atoms with Crippen LogP contribution in [0.3, 0.4) is 0 Å². The van der Waals surface area contributed by atoms with Crippen LogP contribution in [0.4, 0.5) is 0 Å². The molecule has 2 atom stereocenters. The highest BCUT2D eigenvalue weighted by molar-refractivity contribution is 14.0. The van der Waals surface area contributed by atoms with Crippen molar-refractivity contribution >= 4 is 41.7 Å². The summed E-state index contributed by atoms with van der Waals surface area (Å²) in [5, 5.41) is 7.67. The first-order valence-electron chi connectivity index (χ1n) is 8.14. The lowest BCUT2D eigenvalue weighted by atomic mass is 10.1. The van der Waals surface area contributed by atoms with Crippen molar-refractivity contribution < 1.29 is 4.74 Å². The van der Waals surface area contributed by atoms with Crippen LogP contribution in [0.2, 0.25) is 0 Å². The first-order chi connectivity index (χ1) is 10.3. The Labute approximate surface area is 156 Å². The van der Waals surface area contributed by atoms with Gasteiger partial charge in [-0.2, -0.15) is 11.8 Å². The first-order valence-corrected chi connectivity index (χ1v) is 9.19. The highest BCUT2D eigenvalue weighted by Crippen LogP contribution is 2.25. The Morgan fingerprint density at radius 2 is 2.14 bits per heavy atom. The van der Waals surface area contributed by atoms with Crippen LogP contribution in [-0.4, -0.2) is 74.8 Å². The van der Waals surface area contributed by atoms with Gasteiger partial charge in [0.15, 0.2) is 5.96 Å². The average molecular weight is 442 g/mol. The molecule has 0 aromatic rings. The van der Waals surface area contributed by atoms with Crippen LogP contribution in [0.5, 0.6) is 0 Å². The van der Waals surface area contributed by atoms with Gasteiger partial charge >= 0.3 is 0 Å². The Kier molecular flexibility index (Phi) is 10.9. The number of rotatable bonds is 6. The number of hydrogen-bond donors (Lipinski definition) is 2. The maximum Gasteiger partial charge on any atom is 0.191 e. The molecule has 2 N–H and O–H groups in total. The summed E-state index contributed by atoms with van der Waals surface area (Å²) < 4.78 is 5.39. The number of nitrogens with one attached hydrogen (secondary N) is 2. The van der Waals surface area contributed by atoms with E-state index in [1.54, 1.807) is 0 Å². The normalized spacial score (nSPS) is 24.6. The van der Waals surface area contributed by atoms with Gasteiger partial charge in [0.05, 0.1) is 13.2 Å². The van der Waals surface area contributed by atoms with Gasteiger partial charge < -0.3 is 15.4 Å². The summed E-state index contributed by atoms with van der Waals surface area (Å²) in [4.78, 5) is 6.81. The predicted octanol–water partition coefficient (Wildman–Crippen LogP) is 1.63. The summed E-state index contributed by atoms with van der Waals surface area (Å²) in [6, 6.07) is 0. The van der Waals surface area contributed by atoms with Crippen molar-refractivity contribution in [3.8, 4) is 0 Å². The summed E-state index contributed by atoms with van der Waals surface area (Å²) >= 11 is 2.08. The number of morpholine rings is 1. The van der Waals surface area contributed by atoms with Crippen LogP contribution in [0.15, 0.2) is 4.99 Å². The van der Waals surface area contributed by atoms with E-state index < -0.39 is 0 Å². The van der Waals surface area contributed by atoms with Crippen molar-refractivity contribution in [2.45, 2.75) is 25.0 Å². The summed E-state index contributed by atoms with van der Waals surface area (Å²) in [7, 11) is 1.85. The number of thioether (sulfide) groups is 1. The molecule has 0 aromatic heterocycles. The summed E-state index contributed by atoms with van der Waals surface area (Å²) in [5.41, 5.74) is 0. The Hall–Kier alpha value is 0.270. The van der Waals surface area contributed by atoms with Crippen molar-refractivity contribution in [1.82, 2.24) is 15.5 Å². The molecule has 0 amide bonds. The number of halogens is 1. The van der Waals surface area contributed by atoms with E-state index in [9.17, 15) is 0 Å². The Morgan fingerprint density at radius 3 is 2.77 bits per heavy atom. The lowest BCUT2D eigenvalue weighted by Crippen LogP contribution is -2.44. The van der Waals surface area contributed by atoms with Gasteiger partial charge in [-0.3, -0.25) is 9.89 Å². The number of aliphatic imine (C=N–C) groups is 1. The molecule has 130 valence electrons. The second kappa shape index (κ2) is 11.8. The highest BCUT2D eigenvalue weighted by Gasteiger charge is 2.16. The second-order valence-electron chi connectivity index (χ2n) is 5.99. The topological polar surface area (TPSA) is 48.9 Å². The maximum absolute atomic E-state index is 5.39. The number of guanidine groups is 1. The molecule has 2 heterocycles. The minimum absolute atomic E-state index is 0. The van der Waals surface area contributed by atoms with Crippen molar-refractivity contribution in [1.29, 1.82) is 0 Å². The van der Waals surface area contributed by atoms with Crippen molar-refractivity contribution in [2.24, 2.45) is 10.9 Å². The minimum Gasteiger partial charge on any atom is -0.379 e.